The fourth-order valence-corrected chi connectivity index (χ4v) is 2.95. The van der Waals surface area contributed by atoms with E-state index in [4.69, 9.17) is 9.52 Å². The van der Waals surface area contributed by atoms with E-state index >= 15 is 0 Å². The summed E-state index contributed by atoms with van der Waals surface area (Å²) in [6, 6.07) is 0. The third-order valence-electron chi connectivity index (χ3n) is 2.48. The maximum atomic E-state index is 8.68. The van der Waals surface area contributed by atoms with Gasteiger partial charge < -0.3 is 9.52 Å². The number of aromatic nitrogens is 3. The molecule has 0 fully saturated rings. The quantitative estimate of drug-likeness (QED) is 0.597. The number of thiazole rings is 1. The lowest BCUT2D eigenvalue weighted by Gasteiger charge is -1.95. The van der Waals surface area contributed by atoms with Gasteiger partial charge in [0.2, 0.25) is 5.89 Å². The summed E-state index contributed by atoms with van der Waals surface area (Å²) in [5.74, 6) is 1.56. The molecular weight excluding hydrogens is 282 g/mol. The average molecular weight is 299 g/mol. The predicted octanol–water partition coefficient (Wildman–Crippen LogP) is 2.68. The van der Waals surface area contributed by atoms with Crippen molar-refractivity contribution in [1.82, 2.24) is 15.2 Å². The Morgan fingerprint density at radius 2 is 2.21 bits per heavy atom. The number of aryl methyl sites for hydroxylation is 1. The van der Waals surface area contributed by atoms with Gasteiger partial charge in [0.1, 0.15) is 0 Å². The van der Waals surface area contributed by atoms with Gasteiger partial charge >= 0.3 is 0 Å². The molecule has 2 heterocycles. The molecule has 0 radical (unpaired) electrons. The lowest BCUT2D eigenvalue weighted by Crippen LogP contribution is -1.88. The fraction of sp³-hybridized carbons (Fsp3) is 0.583. The summed E-state index contributed by atoms with van der Waals surface area (Å²) >= 11 is 3.19. The first-order valence-electron chi connectivity index (χ1n) is 6.25. The molecule has 0 bridgehead atoms. The normalized spacial score (nSPS) is 11.1. The summed E-state index contributed by atoms with van der Waals surface area (Å²) in [7, 11) is 0. The lowest BCUT2D eigenvalue weighted by atomic mass is 10.3. The summed E-state index contributed by atoms with van der Waals surface area (Å²) in [5, 5.41) is 20.4. The standard InChI is InChI=1S/C12H17N3O2S2/c1-9-13-10(8-19-9)7-11-14-15-12(17-11)18-6-4-2-3-5-16/h8,16H,2-7H2,1H3. The zero-order valence-electron chi connectivity index (χ0n) is 10.8. The van der Waals surface area contributed by atoms with Crippen LogP contribution < -0.4 is 0 Å². The molecule has 2 aromatic heterocycles. The zero-order chi connectivity index (χ0) is 13.5. The Bertz CT molecular complexity index is 499. The number of rotatable bonds is 8. The van der Waals surface area contributed by atoms with Crippen LogP contribution in [0.1, 0.15) is 35.9 Å². The van der Waals surface area contributed by atoms with Crippen LogP contribution in [0.4, 0.5) is 0 Å². The van der Waals surface area contributed by atoms with Gasteiger partial charge in [-0.15, -0.1) is 21.5 Å². The van der Waals surface area contributed by atoms with E-state index in [1.54, 1.807) is 23.1 Å². The van der Waals surface area contributed by atoms with Crippen LogP contribution in [0, 0.1) is 6.92 Å². The topological polar surface area (TPSA) is 72.0 Å². The van der Waals surface area contributed by atoms with Crippen molar-refractivity contribution >= 4 is 23.1 Å². The molecule has 0 unspecified atom stereocenters. The Kier molecular flexibility index (Phi) is 5.81. The van der Waals surface area contributed by atoms with Gasteiger partial charge in [0.15, 0.2) is 0 Å². The van der Waals surface area contributed by atoms with E-state index in [1.807, 2.05) is 12.3 Å². The summed E-state index contributed by atoms with van der Waals surface area (Å²) in [5.41, 5.74) is 0.977. The van der Waals surface area contributed by atoms with Gasteiger partial charge in [0.05, 0.1) is 17.1 Å². The Morgan fingerprint density at radius 1 is 1.32 bits per heavy atom. The predicted molar refractivity (Wildman–Crippen MR) is 75.6 cm³/mol. The van der Waals surface area contributed by atoms with Gasteiger partial charge in [-0.25, -0.2) is 4.98 Å². The smallest absolute Gasteiger partial charge is 0.276 e. The molecule has 2 aromatic rings. The molecule has 0 saturated carbocycles. The summed E-state index contributed by atoms with van der Waals surface area (Å²) < 4.78 is 5.56. The van der Waals surface area contributed by atoms with Gasteiger partial charge in [0.25, 0.3) is 5.22 Å². The molecule has 0 amide bonds. The van der Waals surface area contributed by atoms with E-state index in [9.17, 15) is 0 Å². The van der Waals surface area contributed by atoms with Crippen LogP contribution in [0.5, 0.6) is 0 Å². The first-order valence-corrected chi connectivity index (χ1v) is 8.11. The van der Waals surface area contributed by atoms with Crippen LogP contribution in [0.15, 0.2) is 15.0 Å². The minimum absolute atomic E-state index is 0.266. The summed E-state index contributed by atoms with van der Waals surface area (Å²) in [6.45, 7) is 2.25. The molecular formula is C12H17N3O2S2. The largest absolute Gasteiger partial charge is 0.416 e. The minimum Gasteiger partial charge on any atom is -0.416 e. The molecule has 0 aliphatic heterocycles. The number of aliphatic hydroxyl groups excluding tert-OH is 1. The number of hydrogen-bond donors (Lipinski definition) is 1. The molecule has 104 valence electrons. The van der Waals surface area contributed by atoms with Crippen LogP contribution in [0.2, 0.25) is 0 Å². The molecule has 19 heavy (non-hydrogen) atoms. The Morgan fingerprint density at radius 3 is 2.95 bits per heavy atom. The van der Waals surface area contributed by atoms with E-state index in [-0.39, 0.29) is 6.61 Å². The second-order valence-electron chi connectivity index (χ2n) is 4.13. The Labute approximate surface area is 120 Å². The van der Waals surface area contributed by atoms with E-state index in [2.05, 4.69) is 15.2 Å². The monoisotopic (exact) mass is 299 g/mol. The highest BCUT2D eigenvalue weighted by molar-refractivity contribution is 7.99. The van der Waals surface area contributed by atoms with E-state index in [0.717, 1.165) is 35.7 Å². The average Bonchev–Trinajstić information content (AvgIpc) is 2.99. The third-order valence-corrected chi connectivity index (χ3v) is 4.20. The highest BCUT2D eigenvalue weighted by Gasteiger charge is 2.09. The van der Waals surface area contributed by atoms with Crippen molar-refractivity contribution in [3.05, 3.63) is 22.0 Å². The SMILES string of the molecule is Cc1nc(Cc2nnc(SCCCCCO)o2)cs1. The Hall–Kier alpha value is -0.920. The van der Waals surface area contributed by atoms with E-state index in [1.165, 1.54) is 0 Å². The van der Waals surface area contributed by atoms with Crippen molar-refractivity contribution < 1.29 is 9.52 Å². The molecule has 0 atom stereocenters. The minimum atomic E-state index is 0.266. The first kappa shape index (κ1) is 14.5. The van der Waals surface area contributed by atoms with E-state index < -0.39 is 0 Å². The van der Waals surface area contributed by atoms with Gasteiger partial charge in [-0.2, -0.15) is 0 Å². The van der Waals surface area contributed by atoms with Crippen LogP contribution >= 0.6 is 23.1 Å². The Balaban J connectivity index is 1.75. The maximum absolute atomic E-state index is 8.68. The van der Waals surface area contributed by atoms with Crippen molar-refractivity contribution in [1.29, 1.82) is 0 Å². The van der Waals surface area contributed by atoms with Gasteiger partial charge in [-0.1, -0.05) is 18.2 Å². The molecule has 0 saturated heterocycles. The molecule has 0 aliphatic rings. The van der Waals surface area contributed by atoms with Crippen LogP contribution in [-0.4, -0.2) is 32.6 Å². The lowest BCUT2D eigenvalue weighted by molar-refractivity contribution is 0.284. The zero-order valence-corrected chi connectivity index (χ0v) is 12.5. The molecule has 1 N–H and O–H groups in total. The van der Waals surface area contributed by atoms with Gasteiger partial charge in [-0.05, 0) is 19.8 Å². The maximum Gasteiger partial charge on any atom is 0.276 e. The molecule has 0 spiro atoms. The van der Waals surface area contributed by atoms with E-state index in [0.29, 0.717) is 17.5 Å². The van der Waals surface area contributed by atoms with Crippen molar-refractivity contribution in [2.24, 2.45) is 0 Å². The van der Waals surface area contributed by atoms with Crippen molar-refractivity contribution in [2.45, 2.75) is 37.8 Å². The molecule has 0 aromatic carbocycles. The highest BCUT2D eigenvalue weighted by Crippen LogP contribution is 2.19. The second-order valence-corrected chi connectivity index (χ2v) is 6.24. The number of unbranched alkanes of at least 4 members (excludes halogenated alkanes) is 2. The first-order chi connectivity index (χ1) is 9.28. The summed E-state index contributed by atoms with van der Waals surface area (Å²) in [6.07, 6.45) is 3.54. The molecule has 7 heteroatoms. The molecule has 2 rings (SSSR count). The van der Waals surface area contributed by atoms with Crippen molar-refractivity contribution in [2.75, 3.05) is 12.4 Å². The number of nitrogens with zero attached hydrogens (tertiary/aromatic N) is 3. The molecule has 5 nitrogen and oxygen atoms in total. The fourth-order valence-electron chi connectivity index (χ4n) is 1.56. The van der Waals surface area contributed by atoms with Gasteiger partial charge in [-0.3, -0.25) is 0 Å². The van der Waals surface area contributed by atoms with Gasteiger partial charge in [0, 0.05) is 17.7 Å². The number of thioether (sulfide) groups is 1. The van der Waals surface area contributed by atoms with Crippen molar-refractivity contribution in [3.63, 3.8) is 0 Å². The van der Waals surface area contributed by atoms with Crippen molar-refractivity contribution in [3.8, 4) is 0 Å². The summed E-state index contributed by atoms with van der Waals surface area (Å²) in [4.78, 5) is 4.37. The number of aliphatic hydroxyl groups is 1. The highest BCUT2D eigenvalue weighted by atomic mass is 32.2. The third kappa shape index (κ3) is 4.93. The number of hydrogen-bond acceptors (Lipinski definition) is 7. The molecule has 0 aliphatic carbocycles. The second kappa shape index (κ2) is 7.62. The van der Waals surface area contributed by atoms with Crippen LogP contribution in [0.25, 0.3) is 0 Å². The van der Waals surface area contributed by atoms with Crippen LogP contribution in [-0.2, 0) is 6.42 Å². The van der Waals surface area contributed by atoms with Crippen LogP contribution in [0.3, 0.4) is 0 Å².